The van der Waals surface area contributed by atoms with E-state index >= 15 is 0 Å². The number of benzene rings is 16. The number of hydrogen-bond donors (Lipinski definition) is 0. The molecule has 12 heterocycles. The lowest BCUT2D eigenvalue weighted by molar-refractivity contribution is 0.534. The number of rotatable bonds is 0. The van der Waals surface area contributed by atoms with Crippen LogP contribution in [0.2, 0.25) is 0 Å². The highest BCUT2D eigenvalue weighted by molar-refractivity contribution is 7.01. The topological polar surface area (TPSA) is 14.8 Å². The van der Waals surface area contributed by atoms with Crippen LogP contribution in [0.15, 0.2) is 267 Å². The van der Waals surface area contributed by atoms with E-state index in [1.54, 1.807) is 71.7 Å². The molecule has 634 valence electrons. The van der Waals surface area contributed by atoms with Crippen molar-refractivity contribution in [2.24, 2.45) is 0 Å². The van der Waals surface area contributed by atoms with Crippen LogP contribution in [0.1, 0.15) is 267 Å². The second-order valence-corrected chi connectivity index (χ2v) is 46.0. The third kappa shape index (κ3) is 8.54. The summed E-state index contributed by atoms with van der Waals surface area (Å²) in [6.07, 6.45) is 0. The summed E-state index contributed by atoms with van der Waals surface area (Å²) in [4.78, 5) is 0. The number of aromatic nitrogens is 3. The normalized spacial score (nSPS) is 18.9. The summed E-state index contributed by atoms with van der Waals surface area (Å²) >= 11 is 0. The molecule has 19 aromatic rings. The van der Waals surface area contributed by atoms with Crippen LogP contribution >= 0.6 is 0 Å². The standard InChI is InChI=1S/C33H28.3C31H26BN/c1-17-13-15-24-29-30-26-21(11-8-12-22(26)32(24,2)3)25-19-10-7-6-9-18(19)20-14-16-23(28(30)27(20)25)33(4,5)31(17)29;1-17-16-19-18-10-6-7-14-23(18)33-24-15-9-13-22-27(24)32-26-20(30(22,2)3)11-8-12-21(26)31(4,5)25(17)28(32)29(19)33;1-17-13-15-21-27-25(17)31(4,5)20-10-8-12-24-26(20)32(27)28-22(30(21,2)3)16-14-19-18-9-6-7-11-23(18)33(24)29(19)28;1-17-15-22-26-23(16-17)31(4,5)21-14-13-19-18-9-6-7-11-24(18)33-25-12-8-10-20(30(22,2)3)27(25)32(26)28(21)29(19)33/h6-16,25,30H,1-5H3;3*6-16H,1-5H3. The second kappa shape index (κ2) is 24.1. The average Bonchev–Trinajstić information content (AvgIpc) is 1.35. The Balaban J connectivity index is 0.0000000862. The van der Waals surface area contributed by atoms with Gasteiger partial charge in [-0.3, -0.25) is 0 Å². The molecule has 0 spiro atoms. The maximum absolute atomic E-state index is 2.59. The Morgan fingerprint density at radius 2 is 0.568 bits per heavy atom. The van der Waals surface area contributed by atoms with Gasteiger partial charge in [-0.15, -0.1) is 0 Å². The minimum Gasteiger partial charge on any atom is -0.310 e. The lowest BCUT2D eigenvalue weighted by Gasteiger charge is -2.51. The smallest absolute Gasteiger partial charge is 0.248 e. The lowest BCUT2D eigenvalue weighted by atomic mass is 9.26. The van der Waals surface area contributed by atoms with E-state index in [0.717, 1.165) is 0 Å². The summed E-state index contributed by atoms with van der Waals surface area (Å²) in [6.45, 7) is 49.2. The third-order valence-corrected chi connectivity index (χ3v) is 36.9. The molecule has 9 aliphatic heterocycles. The molecule has 0 saturated heterocycles. The van der Waals surface area contributed by atoms with Crippen LogP contribution in [0.3, 0.4) is 0 Å². The second-order valence-electron chi connectivity index (χ2n) is 46.0. The van der Waals surface area contributed by atoms with Gasteiger partial charge in [-0.1, -0.05) is 357 Å². The van der Waals surface area contributed by atoms with Gasteiger partial charge in [-0.2, -0.15) is 0 Å². The van der Waals surface area contributed by atoms with E-state index in [2.05, 4.69) is 419 Å². The fourth-order valence-corrected chi connectivity index (χ4v) is 31.8. The van der Waals surface area contributed by atoms with Gasteiger partial charge >= 0.3 is 0 Å². The van der Waals surface area contributed by atoms with Crippen molar-refractivity contribution in [2.75, 3.05) is 0 Å². The van der Waals surface area contributed by atoms with E-state index in [9.17, 15) is 0 Å². The molecule has 3 nitrogen and oxygen atoms in total. The summed E-state index contributed by atoms with van der Waals surface area (Å²) in [5, 5.41) is 8.26. The fraction of sp³-hybridized carbons (Fsp3) is 0.238. The van der Waals surface area contributed by atoms with E-state index < -0.39 is 0 Å². The lowest BCUT2D eigenvalue weighted by Crippen LogP contribution is -2.68. The molecular formula is C126H106B3N3. The van der Waals surface area contributed by atoms with E-state index in [0.29, 0.717) is 32.0 Å². The van der Waals surface area contributed by atoms with Gasteiger partial charge in [-0.25, -0.2) is 0 Å². The van der Waals surface area contributed by atoms with Crippen LogP contribution in [0.5, 0.6) is 0 Å². The zero-order chi connectivity index (χ0) is 89.8. The molecule has 13 aliphatic rings. The quantitative estimate of drug-likeness (QED) is 0.134. The minimum absolute atomic E-state index is 0.000442. The van der Waals surface area contributed by atoms with E-state index in [-0.39, 0.29) is 43.3 Å². The molecule has 2 atom stereocenters. The van der Waals surface area contributed by atoms with Crippen LogP contribution in [-0.4, -0.2) is 33.8 Å². The maximum atomic E-state index is 2.59. The predicted molar refractivity (Wildman–Crippen MR) is 558 cm³/mol. The van der Waals surface area contributed by atoms with Gasteiger partial charge in [0, 0.05) is 121 Å². The monoisotopic (exact) mass is 1690 g/mol. The van der Waals surface area contributed by atoms with Crippen LogP contribution < -0.4 is 49.2 Å². The maximum Gasteiger partial charge on any atom is 0.248 e. The van der Waals surface area contributed by atoms with E-state index in [4.69, 9.17) is 0 Å². The number of para-hydroxylation sites is 3. The minimum atomic E-state index is -0.0311. The Kier molecular flexibility index (Phi) is 14.0. The van der Waals surface area contributed by atoms with Crippen LogP contribution in [0.25, 0.3) is 93.6 Å². The molecule has 0 fully saturated rings. The van der Waals surface area contributed by atoms with E-state index in [1.807, 2.05) is 0 Å². The number of hydrogen-bond acceptors (Lipinski definition) is 0. The Labute approximate surface area is 776 Å². The summed E-state index contributed by atoms with van der Waals surface area (Å²) < 4.78 is 7.75. The zero-order valence-electron chi connectivity index (χ0n) is 79.6. The van der Waals surface area contributed by atoms with Gasteiger partial charge < -0.3 is 13.7 Å². The summed E-state index contributed by atoms with van der Waals surface area (Å²) in [5.41, 5.74) is 68.4. The van der Waals surface area contributed by atoms with Crippen LogP contribution in [0.4, 0.5) is 0 Å². The Morgan fingerprint density at radius 3 is 1.13 bits per heavy atom. The first-order valence-electron chi connectivity index (χ1n) is 48.9. The van der Waals surface area contributed by atoms with Gasteiger partial charge in [0.25, 0.3) is 0 Å². The van der Waals surface area contributed by atoms with Crippen molar-refractivity contribution < 1.29 is 0 Å². The predicted octanol–water partition coefficient (Wildman–Crippen LogP) is 23.5. The summed E-state index contributed by atoms with van der Waals surface area (Å²) in [5.74, 6) is 0.717. The van der Waals surface area contributed by atoms with Gasteiger partial charge in [-0.05, 0) is 253 Å². The molecule has 0 bridgehead atoms. The molecule has 32 rings (SSSR count). The molecule has 6 heteroatoms. The SMILES string of the molecule is Cc1cc2c3c(c1)C(C)(C)c1ccc4c5ccccc5n5c4c1B3c1c-5cccc1C2(C)C.Cc1cc2c3ccccc3n3c2c2c1C(C)(C)c1cccc4c1B2c1c-3cccc1C4(C)C.Cc1ccc2c3c1C(C)(C)c1ccc4c5c1C3c1c(cccc1C2(C)C)C5c1ccccc1-4.Cc1ccc2c3c1C(C)(C)c1cccc4c1B3c1c(ccc3c5ccccc5n-4c13)C2(C)C. The Hall–Kier alpha value is -12.9. The average molecular weight is 1690 g/mol. The van der Waals surface area contributed by atoms with Crippen molar-refractivity contribution in [2.45, 2.75) is 194 Å². The molecule has 16 aromatic carbocycles. The van der Waals surface area contributed by atoms with Crippen molar-refractivity contribution in [3.63, 3.8) is 0 Å². The Bertz CT molecular complexity index is 8780. The molecule has 2 unspecified atom stereocenters. The van der Waals surface area contributed by atoms with Gasteiger partial charge in [0.05, 0.1) is 16.6 Å². The van der Waals surface area contributed by atoms with Crippen LogP contribution in [-0.2, 0) is 43.3 Å². The molecule has 0 saturated carbocycles. The highest BCUT2D eigenvalue weighted by Gasteiger charge is 2.59. The summed E-state index contributed by atoms with van der Waals surface area (Å²) in [6, 6.07) is 103. The molecule has 3 aromatic heterocycles. The first-order chi connectivity index (χ1) is 63.3. The van der Waals surface area contributed by atoms with Gasteiger partial charge in [0.1, 0.15) is 0 Å². The van der Waals surface area contributed by atoms with Crippen molar-refractivity contribution in [1.29, 1.82) is 0 Å². The highest BCUT2D eigenvalue weighted by atomic mass is 15.0. The molecule has 0 N–H and O–H groups in total. The summed E-state index contributed by atoms with van der Waals surface area (Å²) in [7, 11) is 0. The molecular weight excluding hydrogens is 1590 g/mol. The van der Waals surface area contributed by atoms with Crippen molar-refractivity contribution in [1.82, 2.24) is 13.7 Å². The number of aryl methyl sites for hydroxylation is 4. The number of nitrogens with zero attached hydrogens (tertiary/aromatic N) is 3. The molecule has 0 radical (unpaired) electrons. The van der Waals surface area contributed by atoms with Crippen molar-refractivity contribution in [3.05, 3.63) is 412 Å². The fourth-order valence-electron chi connectivity index (χ4n) is 31.8. The zero-order valence-corrected chi connectivity index (χ0v) is 79.6. The number of fused-ring (bicyclic) bond motifs is 16. The molecule has 132 heavy (non-hydrogen) atoms. The first-order valence-corrected chi connectivity index (χ1v) is 48.9. The Morgan fingerprint density at radius 1 is 0.212 bits per heavy atom. The van der Waals surface area contributed by atoms with Gasteiger partial charge in [0.15, 0.2) is 0 Å². The van der Waals surface area contributed by atoms with Crippen LogP contribution in [0, 0.1) is 27.7 Å². The highest BCUT2D eigenvalue weighted by Crippen LogP contribution is 2.67. The first kappa shape index (κ1) is 76.8. The third-order valence-electron chi connectivity index (χ3n) is 36.9. The molecule has 0 amide bonds. The van der Waals surface area contributed by atoms with E-state index in [1.165, 1.54) is 216 Å². The van der Waals surface area contributed by atoms with Crippen molar-refractivity contribution in [3.8, 4) is 28.2 Å². The van der Waals surface area contributed by atoms with Crippen molar-refractivity contribution >= 4 is 135 Å². The largest absolute Gasteiger partial charge is 0.310 e. The molecule has 4 aliphatic carbocycles. The van der Waals surface area contributed by atoms with Gasteiger partial charge in [0.2, 0.25) is 20.1 Å².